The minimum absolute atomic E-state index is 0.0656. The molecule has 5 nitrogen and oxygen atoms in total. The van der Waals surface area contributed by atoms with E-state index in [2.05, 4.69) is 10.0 Å². The fourth-order valence-corrected chi connectivity index (χ4v) is 3.02. The molecule has 2 N–H and O–H groups in total. The topological polar surface area (TPSA) is 67.4 Å². The summed E-state index contributed by atoms with van der Waals surface area (Å²) in [4.78, 5) is 0. The van der Waals surface area contributed by atoms with Crippen LogP contribution >= 0.6 is 0 Å². The molecular weight excluding hydrogens is 240 g/mol. The molecule has 1 fully saturated rings. The zero-order chi connectivity index (χ0) is 12.6. The summed E-state index contributed by atoms with van der Waals surface area (Å²) >= 11 is 0. The van der Waals surface area contributed by atoms with Crippen molar-refractivity contribution < 1.29 is 13.2 Å². The van der Waals surface area contributed by atoms with Crippen LogP contribution in [0.2, 0.25) is 0 Å². The summed E-state index contributed by atoms with van der Waals surface area (Å²) in [5.41, 5.74) is 0. The molecule has 1 saturated heterocycles. The van der Waals surface area contributed by atoms with Crippen molar-refractivity contribution in [3.8, 4) is 0 Å². The Morgan fingerprint density at radius 2 is 2.12 bits per heavy atom. The molecule has 1 heterocycles. The molecule has 1 unspecified atom stereocenters. The SMILES string of the molecule is CNCCCCS(=O)(=O)NCC1CCCCO1. The number of nitrogens with one attached hydrogen (secondary N) is 2. The first kappa shape index (κ1) is 14.9. The third kappa shape index (κ3) is 6.98. The van der Waals surface area contributed by atoms with Gasteiger partial charge in [0.05, 0.1) is 11.9 Å². The maximum Gasteiger partial charge on any atom is 0.211 e. The normalized spacial score (nSPS) is 21.6. The van der Waals surface area contributed by atoms with E-state index in [-0.39, 0.29) is 11.9 Å². The average molecular weight is 264 g/mol. The Kier molecular flexibility index (Phi) is 7.03. The van der Waals surface area contributed by atoms with Crippen molar-refractivity contribution >= 4 is 10.0 Å². The first-order valence-corrected chi connectivity index (χ1v) is 8.03. The lowest BCUT2D eigenvalue weighted by Crippen LogP contribution is -2.36. The van der Waals surface area contributed by atoms with Gasteiger partial charge in [-0.05, 0) is 45.7 Å². The Morgan fingerprint density at radius 1 is 1.29 bits per heavy atom. The van der Waals surface area contributed by atoms with Crippen LogP contribution in [0.1, 0.15) is 32.1 Å². The van der Waals surface area contributed by atoms with Crippen molar-refractivity contribution in [2.45, 2.75) is 38.2 Å². The molecule has 6 heteroatoms. The lowest BCUT2D eigenvalue weighted by molar-refractivity contribution is 0.0200. The summed E-state index contributed by atoms with van der Waals surface area (Å²) < 4.78 is 31.4. The van der Waals surface area contributed by atoms with Crippen LogP contribution < -0.4 is 10.0 Å². The number of hydrogen-bond acceptors (Lipinski definition) is 4. The second-order valence-electron chi connectivity index (χ2n) is 4.47. The number of unbranched alkanes of at least 4 members (excludes halogenated alkanes) is 1. The van der Waals surface area contributed by atoms with Crippen LogP contribution in [0.3, 0.4) is 0 Å². The van der Waals surface area contributed by atoms with E-state index in [1.54, 1.807) is 0 Å². The van der Waals surface area contributed by atoms with Crippen molar-refractivity contribution in [1.82, 2.24) is 10.0 Å². The number of hydrogen-bond donors (Lipinski definition) is 2. The number of rotatable bonds is 8. The predicted octanol–water partition coefficient (Wildman–Crippen LogP) is 0.475. The highest BCUT2D eigenvalue weighted by Gasteiger charge is 2.17. The Balaban J connectivity index is 2.14. The minimum atomic E-state index is -3.12. The zero-order valence-corrected chi connectivity index (χ0v) is 11.4. The van der Waals surface area contributed by atoms with Crippen molar-refractivity contribution in [2.75, 3.05) is 32.5 Å². The van der Waals surface area contributed by atoms with Gasteiger partial charge in [-0.25, -0.2) is 13.1 Å². The van der Waals surface area contributed by atoms with Gasteiger partial charge in [0.1, 0.15) is 0 Å². The maximum atomic E-state index is 11.6. The first-order chi connectivity index (χ1) is 8.14. The molecule has 1 atom stereocenters. The molecule has 102 valence electrons. The van der Waals surface area contributed by atoms with E-state index >= 15 is 0 Å². The fraction of sp³-hybridized carbons (Fsp3) is 1.00. The highest BCUT2D eigenvalue weighted by atomic mass is 32.2. The number of ether oxygens (including phenoxy) is 1. The Labute approximate surface area is 104 Å². The molecule has 0 aromatic rings. The van der Waals surface area contributed by atoms with Gasteiger partial charge in [-0.1, -0.05) is 0 Å². The molecule has 0 radical (unpaired) electrons. The third-order valence-corrected chi connectivity index (χ3v) is 4.33. The second-order valence-corrected chi connectivity index (χ2v) is 6.39. The van der Waals surface area contributed by atoms with E-state index in [1.807, 2.05) is 7.05 Å². The van der Waals surface area contributed by atoms with Gasteiger partial charge in [0.2, 0.25) is 10.0 Å². The van der Waals surface area contributed by atoms with E-state index in [4.69, 9.17) is 4.74 Å². The van der Waals surface area contributed by atoms with Crippen molar-refractivity contribution in [2.24, 2.45) is 0 Å². The second kappa shape index (κ2) is 8.02. The molecular formula is C11H24N2O3S. The maximum absolute atomic E-state index is 11.6. The Hall–Kier alpha value is -0.170. The molecule has 0 saturated carbocycles. The van der Waals surface area contributed by atoms with Gasteiger partial charge in [0.25, 0.3) is 0 Å². The Bertz CT molecular complexity index is 287. The lowest BCUT2D eigenvalue weighted by atomic mass is 10.1. The average Bonchev–Trinajstić information content (AvgIpc) is 2.34. The zero-order valence-electron chi connectivity index (χ0n) is 10.6. The fourth-order valence-electron chi connectivity index (χ4n) is 1.85. The molecule has 17 heavy (non-hydrogen) atoms. The van der Waals surface area contributed by atoms with Gasteiger partial charge in [-0.2, -0.15) is 0 Å². The molecule has 0 amide bonds. The lowest BCUT2D eigenvalue weighted by Gasteiger charge is -2.22. The van der Waals surface area contributed by atoms with Crippen molar-refractivity contribution in [1.29, 1.82) is 0 Å². The van der Waals surface area contributed by atoms with E-state index in [0.717, 1.165) is 38.8 Å². The molecule has 1 aliphatic heterocycles. The van der Waals surface area contributed by atoms with Gasteiger partial charge >= 0.3 is 0 Å². The molecule has 0 bridgehead atoms. The largest absolute Gasteiger partial charge is 0.377 e. The standard InChI is InChI=1S/C11H24N2O3S/c1-12-7-3-5-9-17(14,15)13-10-11-6-2-4-8-16-11/h11-13H,2-10H2,1H3. The monoisotopic (exact) mass is 264 g/mol. The van der Waals surface area contributed by atoms with Gasteiger partial charge < -0.3 is 10.1 Å². The van der Waals surface area contributed by atoms with Crippen LogP contribution in [0.4, 0.5) is 0 Å². The van der Waals surface area contributed by atoms with Crippen molar-refractivity contribution in [3.63, 3.8) is 0 Å². The third-order valence-electron chi connectivity index (χ3n) is 2.89. The molecule has 1 aliphatic rings. The minimum Gasteiger partial charge on any atom is -0.377 e. The summed E-state index contributed by atoms with van der Waals surface area (Å²) in [6, 6.07) is 0. The van der Waals surface area contributed by atoms with Gasteiger partial charge in [0.15, 0.2) is 0 Å². The van der Waals surface area contributed by atoms with Crippen LogP contribution in [0.25, 0.3) is 0 Å². The molecule has 0 aliphatic carbocycles. The molecule has 0 spiro atoms. The summed E-state index contributed by atoms with van der Waals surface area (Å²) in [7, 11) is -1.25. The van der Waals surface area contributed by atoms with Crippen LogP contribution in [-0.4, -0.2) is 47.0 Å². The molecule has 0 aromatic carbocycles. The van der Waals surface area contributed by atoms with Crippen LogP contribution in [0, 0.1) is 0 Å². The summed E-state index contributed by atoms with van der Waals surface area (Å²) in [5.74, 6) is 0.210. The van der Waals surface area contributed by atoms with E-state index in [1.165, 1.54) is 0 Å². The number of sulfonamides is 1. The first-order valence-electron chi connectivity index (χ1n) is 6.37. The summed E-state index contributed by atoms with van der Waals surface area (Å²) in [5, 5.41) is 3.00. The van der Waals surface area contributed by atoms with Gasteiger partial charge in [-0.3, -0.25) is 0 Å². The van der Waals surface area contributed by atoms with Crippen molar-refractivity contribution in [3.05, 3.63) is 0 Å². The highest BCUT2D eigenvalue weighted by Crippen LogP contribution is 2.11. The predicted molar refractivity (Wildman–Crippen MR) is 68.5 cm³/mol. The quantitative estimate of drug-likeness (QED) is 0.626. The van der Waals surface area contributed by atoms with Gasteiger partial charge in [0, 0.05) is 13.2 Å². The van der Waals surface area contributed by atoms with E-state index < -0.39 is 10.0 Å². The smallest absolute Gasteiger partial charge is 0.211 e. The summed E-state index contributed by atoms with van der Waals surface area (Å²) in [6.07, 6.45) is 4.83. The van der Waals surface area contributed by atoms with Gasteiger partial charge in [-0.15, -0.1) is 0 Å². The van der Waals surface area contributed by atoms with Crippen LogP contribution in [0.15, 0.2) is 0 Å². The Morgan fingerprint density at radius 3 is 2.76 bits per heavy atom. The summed E-state index contributed by atoms with van der Waals surface area (Å²) in [6.45, 7) is 2.05. The highest BCUT2D eigenvalue weighted by molar-refractivity contribution is 7.89. The van der Waals surface area contributed by atoms with E-state index in [0.29, 0.717) is 13.0 Å². The van der Waals surface area contributed by atoms with Crippen LogP contribution in [0.5, 0.6) is 0 Å². The molecule has 1 rings (SSSR count). The van der Waals surface area contributed by atoms with Crippen LogP contribution in [-0.2, 0) is 14.8 Å². The van der Waals surface area contributed by atoms with E-state index in [9.17, 15) is 8.42 Å². The molecule has 0 aromatic heterocycles.